The van der Waals surface area contributed by atoms with Crippen molar-refractivity contribution in [1.82, 2.24) is 15.2 Å². The predicted molar refractivity (Wildman–Crippen MR) is 48.8 cm³/mol. The van der Waals surface area contributed by atoms with Crippen molar-refractivity contribution in [2.45, 2.75) is 24.9 Å². The fourth-order valence-electron chi connectivity index (χ4n) is 1.20. The normalized spacial score (nSPS) is 14.4. The standard InChI is InChI=1S/C7H11ClF2N4/c1-2-14-5(3-4-12-14)6(13-11)7(8,9)10/h3-4,6,13H,2,11H2,1H3. The van der Waals surface area contributed by atoms with Crippen LogP contribution in [0.25, 0.3) is 0 Å². The van der Waals surface area contributed by atoms with Gasteiger partial charge in [-0.2, -0.15) is 13.9 Å². The van der Waals surface area contributed by atoms with Crippen molar-refractivity contribution in [3.63, 3.8) is 0 Å². The molecule has 80 valence electrons. The molecule has 1 aromatic heterocycles. The molecule has 0 bridgehead atoms. The first-order chi connectivity index (χ1) is 6.50. The van der Waals surface area contributed by atoms with Gasteiger partial charge in [0.1, 0.15) is 6.04 Å². The minimum atomic E-state index is -3.44. The molecule has 1 atom stereocenters. The summed E-state index contributed by atoms with van der Waals surface area (Å²) >= 11 is 4.90. The first-order valence-corrected chi connectivity index (χ1v) is 4.43. The van der Waals surface area contributed by atoms with Gasteiger partial charge in [0.25, 0.3) is 0 Å². The number of halogens is 3. The van der Waals surface area contributed by atoms with Gasteiger partial charge in [0.2, 0.25) is 0 Å². The Labute approximate surface area is 85.0 Å². The van der Waals surface area contributed by atoms with Crippen LogP contribution in [0.3, 0.4) is 0 Å². The van der Waals surface area contributed by atoms with Gasteiger partial charge in [0, 0.05) is 12.7 Å². The van der Waals surface area contributed by atoms with Gasteiger partial charge < -0.3 is 0 Å². The Morgan fingerprint density at radius 2 is 2.43 bits per heavy atom. The maximum Gasteiger partial charge on any atom is 0.343 e. The molecule has 1 unspecified atom stereocenters. The molecule has 0 saturated carbocycles. The van der Waals surface area contributed by atoms with E-state index in [1.165, 1.54) is 16.9 Å². The molecule has 3 N–H and O–H groups in total. The van der Waals surface area contributed by atoms with Crippen molar-refractivity contribution in [3.05, 3.63) is 18.0 Å². The second kappa shape index (κ2) is 4.20. The van der Waals surface area contributed by atoms with Crippen LogP contribution in [-0.2, 0) is 6.54 Å². The van der Waals surface area contributed by atoms with Crippen LogP contribution in [-0.4, -0.2) is 15.2 Å². The number of alkyl halides is 3. The second-order valence-corrected chi connectivity index (χ2v) is 3.22. The van der Waals surface area contributed by atoms with Gasteiger partial charge in [-0.05, 0) is 24.6 Å². The maximum absolute atomic E-state index is 12.8. The topological polar surface area (TPSA) is 55.9 Å². The summed E-state index contributed by atoms with van der Waals surface area (Å²) in [5.41, 5.74) is 2.24. The van der Waals surface area contributed by atoms with E-state index in [1.54, 1.807) is 6.92 Å². The third-order valence-electron chi connectivity index (χ3n) is 1.84. The molecule has 4 nitrogen and oxygen atoms in total. The molecular weight excluding hydrogens is 214 g/mol. The molecule has 1 rings (SSSR count). The van der Waals surface area contributed by atoms with Crippen LogP contribution >= 0.6 is 11.6 Å². The Balaban J connectivity index is 3.01. The summed E-state index contributed by atoms with van der Waals surface area (Å²) in [7, 11) is 0. The number of hydrazine groups is 1. The summed E-state index contributed by atoms with van der Waals surface area (Å²) in [6, 6.07) is 0.0104. The van der Waals surface area contributed by atoms with Gasteiger partial charge in [-0.15, -0.1) is 0 Å². The predicted octanol–water partition coefficient (Wildman–Crippen LogP) is 1.24. The van der Waals surface area contributed by atoms with Crippen molar-refractivity contribution >= 4 is 11.6 Å². The Hall–Kier alpha value is -0.720. The lowest BCUT2D eigenvalue weighted by molar-refractivity contribution is 0.0462. The second-order valence-electron chi connectivity index (χ2n) is 2.71. The minimum absolute atomic E-state index is 0.259. The fourth-order valence-corrected chi connectivity index (χ4v) is 1.37. The lowest BCUT2D eigenvalue weighted by Gasteiger charge is -2.21. The van der Waals surface area contributed by atoms with E-state index >= 15 is 0 Å². The number of rotatable bonds is 4. The third-order valence-corrected chi connectivity index (χ3v) is 2.06. The summed E-state index contributed by atoms with van der Waals surface area (Å²) in [6.07, 6.45) is 1.42. The summed E-state index contributed by atoms with van der Waals surface area (Å²) in [6.45, 7) is 2.27. The van der Waals surface area contributed by atoms with Crippen LogP contribution in [0.2, 0.25) is 0 Å². The van der Waals surface area contributed by atoms with E-state index < -0.39 is 11.4 Å². The molecule has 0 amide bonds. The molecule has 0 saturated heterocycles. The average Bonchev–Trinajstić information content (AvgIpc) is 2.51. The van der Waals surface area contributed by atoms with E-state index in [-0.39, 0.29) is 5.69 Å². The highest BCUT2D eigenvalue weighted by molar-refractivity contribution is 6.22. The van der Waals surface area contributed by atoms with Crippen LogP contribution in [0.5, 0.6) is 0 Å². The van der Waals surface area contributed by atoms with Gasteiger partial charge in [-0.1, -0.05) is 0 Å². The minimum Gasteiger partial charge on any atom is -0.271 e. The van der Waals surface area contributed by atoms with Gasteiger partial charge in [-0.3, -0.25) is 10.5 Å². The Morgan fingerprint density at radius 3 is 2.86 bits per heavy atom. The molecule has 0 aliphatic carbocycles. The molecular formula is C7H11ClF2N4. The van der Waals surface area contributed by atoms with E-state index in [9.17, 15) is 8.78 Å². The third kappa shape index (κ3) is 2.20. The molecule has 0 spiro atoms. The highest BCUT2D eigenvalue weighted by Gasteiger charge is 2.39. The Bertz CT molecular complexity index is 296. The summed E-state index contributed by atoms with van der Waals surface area (Å²) in [4.78, 5) is 0. The van der Waals surface area contributed by atoms with Crippen LogP contribution in [0.4, 0.5) is 8.78 Å². The molecule has 0 radical (unpaired) electrons. The van der Waals surface area contributed by atoms with Crippen molar-refractivity contribution in [2.24, 2.45) is 5.84 Å². The maximum atomic E-state index is 12.8. The summed E-state index contributed by atoms with van der Waals surface area (Å²) in [5.74, 6) is 5.02. The number of nitrogens with zero attached hydrogens (tertiary/aromatic N) is 2. The van der Waals surface area contributed by atoms with E-state index in [2.05, 4.69) is 5.10 Å². The average molecular weight is 225 g/mol. The quantitative estimate of drug-likeness (QED) is 0.460. The van der Waals surface area contributed by atoms with Crippen molar-refractivity contribution in [1.29, 1.82) is 0 Å². The number of nitrogens with one attached hydrogen (secondary N) is 1. The van der Waals surface area contributed by atoms with Crippen LogP contribution in [0, 0.1) is 0 Å². The monoisotopic (exact) mass is 224 g/mol. The molecule has 0 fully saturated rings. The molecule has 14 heavy (non-hydrogen) atoms. The number of aromatic nitrogens is 2. The van der Waals surface area contributed by atoms with E-state index in [0.29, 0.717) is 6.54 Å². The van der Waals surface area contributed by atoms with E-state index in [0.717, 1.165) is 0 Å². The molecule has 1 aromatic rings. The molecule has 1 heterocycles. The van der Waals surface area contributed by atoms with E-state index in [4.69, 9.17) is 17.4 Å². The van der Waals surface area contributed by atoms with Gasteiger partial charge in [0.15, 0.2) is 0 Å². The molecule has 0 aromatic carbocycles. The molecule has 0 aliphatic heterocycles. The number of hydrogen-bond donors (Lipinski definition) is 2. The summed E-state index contributed by atoms with van der Waals surface area (Å²) in [5, 5.41) is 0.403. The van der Waals surface area contributed by atoms with Gasteiger partial charge in [0.05, 0.1) is 5.69 Å². The Morgan fingerprint density at radius 1 is 1.79 bits per heavy atom. The van der Waals surface area contributed by atoms with Crippen molar-refractivity contribution in [2.75, 3.05) is 0 Å². The highest BCUT2D eigenvalue weighted by atomic mass is 35.5. The first-order valence-electron chi connectivity index (χ1n) is 4.05. The van der Waals surface area contributed by atoms with Gasteiger partial charge in [-0.25, -0.2) is 5.43 Å². The van der Waals surface area contributed by atoms with Crippen molar-refractivity contribution in [3.8, 4) is 0 Å². The van der Waals surface area contributed by atoms with Crippen molar-refractivity contribution < 1.29 is 8.78 Å². The van der Waals surface area contributed by atoms with Crippen LogP contribution in [0.15, 0.2) is 12.3 Å². The fraction of sp³-hybridized carbons (Fsp3) is 0.571. The first kappa shape index (κ1) is 11.4. The van der Waals surface area contributed by atoms with E-state index in [1.807, 2.05) is 5.43 Å². The largest absolute Gasteiger partial charge is 0.343 e. The lowest BCUT2D eigenvalue weighted by Crippen LogP contribution is -2.39. The molecule has 7 heteroatoms. The number of aryl methyl sites for hydroxylation is 1. The zero-order valence-corrected chi connectivity index (χ0v) is 8.30. The highest BCUT2D eigenvalue weighted by Crippen LogP contribution is 2.34. The zero-order valence-electron chi connectivity index (χ0n) is 7.54. The number of nitrogens with two attached hydrogens (primary N) is 1. The van der Waals surface area contributed by atoms with Crippen LogP contribution < -0.4 is 11.3 Å². The van der Waals surface area contributed by atoms with Crippen LogP contribution in [0.1, 0.15) is 18.7 Å². The Kier molecular flexibility index (Phi) is 3.41. The SMILES string of the molecule is CCn1nccc1C(NN)C(F)(F)Cl. The summed E-state index contributed by atoms with van der Waals surface area (Å²) < 4.78 is 27.1. The molecule has 0 aliphatic rings. The zero-order chi connectivity index (χ0) is 10.8. The number of hydrogen-bond acceptors (Lipinski definition) is 3. The van der Waals surface area contributed by atoms with Gasteiger partial charge >= 0.3 is 5.38 Å². The smallest absolute Gasteiger partial charge is 0.271 e. The lowest BCUT2D eigenvalue weighted by atomic mass is 10.2.